The lowest BCUT2D eigenvalue weighted by molar-refractivity contribution is -0.123. The van der Waals surface area contributed by atoms with Crippen molar-refractivity contribution in [2.75, 3.05) is 11.9 Å². The highest BCUT2D eigenvalue weighted by Crippen LogP contribution is 2.22. The Morgan fingerprint density at radius 3 is 2.15 bits per heavy atom. The first-order valence-electron chi connectivity index (χ1n) is 8.64. The summed E-state index contributed by atoms with van der Waals surface area (Å²) in [5.74, 6) is -0.229. The number of hydrogen-bond donors (Lipinski definition) is 1. The summed E-state index contributed by atoms with van der Waals surface area (Å²) in [7, 11) is 0. The van der Waals surface area contributed by atoms with Crippen molar-refractivity contribution in [3.63, 3.8) is 0 Å². The average Bonchev–Trinajstić information content (AvgIpc) is 2.58. The molecular weight excluding hydrogens is 330 g/mol. The second-order valence-corrected chi connectivity index (χ2v) is 6.27. The first-order chi connectivity index (χ1) is 12.3. The van der Waals surface area contributed by atoms with Crippen molar-refractivity contribution in [1.29, 1.82) is 0 Å². The van der Waals surface area contributed by atoms with Crippen molar-refractivity contribution in [2.45, 2.75) is 40.7 Å². The standard InChI is InChI=1S/C21H25NO4/c1-6-25-18-9-7-17(8-10-18)21(24)26-16(5)20(23)22-19-14(3)11-13(2)12-15(19)4/h7-12,16H,6H2,1-5H3,(H,22,23)/t16-/m1/s1. The molecular formula is C21H25NO4. The fourth-order valence-corrected chi connectivity index (χ4v) is 2.74. The number of nitrogens with one attached hydrogen (secondary N) is 1. The van der Waals surface area contributed by atoms with Gasteiger partial charge in [0.05, 0.1) is 12.2 Å². The summed E-state index contributed by atoms with van der Waals surface area (Å²) in [6.45, 7) is 9.88. The molecule has 0 aromatic heterocycles. The first-order valence-corrected chi connectivity index (χ1v) is 8.64. The summed E-state index contributed by atoms with van der Waals surface area (Å²) in [6.07, 6.45) is -0.908. The summed E-state index contributed by atoms with van der Waals surface area (Å²) in [6, 6.07) is 10.6. The SMILES string of the molecule is CCOc1ccc(C(=O)O[C@H](C)C(=O)Nc2c(C)cc(C)cc2C)cc1. The van der Waals surface area contributed by atoms with Crippen molar-refractivity contribution < 1.29 is 19.1 Å². The number of hydrogen-bond acceptors (Lipinski definition) is 4. The Bertz CT molecular complexity index is 773. The third kappa shape index (κ3) is 4.85. The number of aryl methyl sites for hydroxylation is 3. The normalized spacial score (nSPS) is 11.6. The third-order valence-electron chi connectivity index (χ3n) is 3.98. The van der Waals surface area contributed by atoms with Gasteiger partial charge in [0, 0.05) is 5.69 Å². The summed E-state index contributed by atoms with van der Waals surface area (Å²) < 4.78 is 10.6. The number of amides is 1. The van der Waals surface area contributed by atoms with Crippen LogP contribution in [0.3, 0.4) is 0 Å². The molecule has 2 aromatic carbocycles. The Labute approximate surface area is 154 Å². The molecule has 2 rings (SSSR count). The van der Waals surface area contributed by atoms with Gasteiger partial charge in [0.1, 0.15) is 5.75 Å². The fraction of sp³-hybridized carbons (Fsp3) is 0.333. The Morgan fingerprint density at radius 1 is 1.04 bits per heavy atom. The second-order valence-electron chi connectivity index (χ2n) is 6.27. The number of carbonyl (C=O) groups excluding carboxylic acids is 2. The van der Waals surface area contributed by atoms with E-state index in [-0.39, 0.29) is 5.91 Å². The van der Waals surface area contributed by atoms with Gasteiger partial charge in [-0.3, -0.25) is 4.79 Å². The second kappa shape index (κ2) is 8.52. The molecule has 0 aliphatic carbocycles. The number of rotatable bonds is 6. The Kier molecular flexibility index (Phi) is 6.39. The van der Waals surface area contributed by atoms with E-state index in [4.69, 9.17) is 9.47 Å². The van der Waals surface area contributed by atoms with Crippen LogP contribution in [0.25, 0.3) is 0 Å². The van der Waals surface area contributed by atoms with Crippen LogP contribution in [0.2, 0.25) is 0 Å². The van der Waals surface area contributed by atoms with Crippen molar-refractivity contribution in [1.82, 2.24) is 0 Å². The van der Waals surface area contributed by atoms with Crippen LogP contribution in [0, 0.1) is 20.8 Å². The van der Waals surface area contributed by atoms with Crippen molar-refractivity contribution >= 4 is 17.6 Å². The minimum absolute atomic E-state index is 0.362. The molecule has 5 heteroatoms. The molecule has 0 heterocycles. The number of ether oxygens (including phenoxy) is 2. The fourth-order valence-electron chi connectivity index (χ4n) is 2.74. The van der Waals surface area contributed by atoms with E-state index in [1.54, 1.807) is 31.2 Å². The minimum Gasteiger partial charge on any atom is -0.494 e. The highest BCUT2D eigenvalue weighted by molar-refractivity contribution is 5.98. The van der Waals surface area contributed by atoms with Crippen molar-refractivity contribution in [2.24, 2.45) is 0 Å². The van der Waals surface area contributed by atoms with E-state index in [9.17, 15) is 9.59 Å². The molecule has 5 nitrogen and oxygen atoms in total. The van der Waals surface area contributed by atoms with Gasteiger partial charge in [0.15, 0.2) is 6.10 Å². The van der Waals surface area contributed by atoms with Gasteiger partial charge < -0.3 is 14.8 Å². The molecule has 138 valence electrons. The van der Waals surface area contributed by atoms with Crippen LogP contribution in [0.4, 0.5) is 5.69 Å². The highest BCUT2D eigenvalue weighted by Gasteiger charge is 2.20. The van der Waals surface area contributed by atoms with Crippen LogP contribution in [0.5, 0.6) is 5.75 Å². The molecule has 1 N–H and O–H groups in total. The van der Waals surface area contributed by atoms with E-state index in [1.165, 1.54) is 0 Å². The molecule has 0 unspecified atom stereocenters. The van der Waals surface area contributed by atoms with Crippen molar-refractivity contribution in [3.05, 3.63) is 58.7 Å². The number of anilines is 1. The number of esters is 1. The van der Waals surface area contributed by atoms with E-state index in [2.05, 4.69) is 5.32 Å². The van der Waals surface area contributed by atoms with Gasteiger partial charge in [0.25, 0.3) is 5.91 Å². The van der Waals surface area contributed by atoms with E-state index >= 15 is 0 Å². The lowest BCUT2D eigenvalue weighted by Crippen LogP contribution is -2.30. The Hall–Kier alpha value is -2.82. The summed E-state index contributed by atoms with van der Waals surface area (Å²) in [5, 5.41) is 2.85. The number of benzene rings is 2. The highest BCUT2D eigenvalue weighted by atomic mass is 16.5. The first kappa shape index (κ1) is 19.5. The maximum Gasteiger partial charge on any atom is 0.338 e. The molecule has 1 amide bonds. The molecule has 0 saturated heterocycles. The van der Waals surface area contributed by atoms with Crippen LogP contribution in [-0.2, 0) is 9.53 Å². The zero-order valence-corrected chi connectivity index (χ0v) is 15.9. The molecule has 0 radical (unpaired) electrons. The average molecular weight is 355 g/mol. The summed E-state index contributed by atoms with van der Waals surface area (Å²) in [4.78, 5) is 24.6. The monoisotopic (exact) mass is 355 g/mol. The summed E-state index contributed by atoms with van der Waals surface area (Å²) in [5.41, 5.74) is 4.20. The largest absolute Gasteiger partial charge is 0.494 e. The zero-order valence-electron chi connectivity index (χ0n) is 15.9. The van der Waals surface area contributed by atoms with Crippen LogP contribution >= 0.6 is 0 Å². The quantitative estimate of drug-likeness (QED) is 0.789. The predicted octanol–water partition coefficient (Wildman–Crippen LogP) is 4.19. The predicted molar refractivity (Wildman–Crippen MR) is 102 cm³/mol. The van der Waals surface area contributed by atoms with E-state index in [1.807, 2.05) is 39.8 Å². The topological polar surface area (TPSA) is 64.6 Å². The van der Waals surface area contributed by atoms with Crippen LogP contribution in [-0.4, -0.2) is 24.6 Å². The molecule has 0 fully saturated rings. The molecule has 0 aliphatic heterocycles. The van der Waals surface area contributed by atoms with Gasteiger partial charge in [-0.2, -0.15) is 0 Å². The smallest absolute Gasteiger partial charge is 0.338 e. The van der Waals surface area contributed by atoms with Gasteiger partial charge in [0.2, 0.25) is 0 Å². The van der Waals surface area contributed by atoms with Gasteiger partial charge >= 0.3 is 5.97 Å². The van der Waals surface area contributed by atoms with Crippen molar-refractivity contribution in [3.8, 4) is 5.75 Å². The lowest BCUT2D eigenvalue weighted by Gasteiger charge is -2.17. The minimum atomic E-state index is -0.908. The van der Waals surface area contributed by atoms with Gasteiger partial charge in [-0.25, -0.2) is 4.79 Å². The number of carbonyl (C=O) groups is 2. The Morgan fingerprint density at radius 2 is 1.62 bits per heavy atom. The van der Waals surface area contributed by atoms with Crippen LogP contribution in [0.1, 0.15) is 40.9 Å². The van der Waals surface area contributed by atoms with Gasteiger partial charge in [-0.05, 0) is 70.0 Å². The molecule has 1 atom stereocenters. The lowest BCUT2D eigenvalue weighted by atomic mass is 10.0. The maximum absolute atomic E-state index is 12.4. The third-order valence-corrected chi connectivity index (χ3v) is 3.98. The summed E-state index contributed by atoms with van der Waals surface area (Å²) >= 11 is 0. The Balaban J connectivity index is 2.01. The van der Waals surface area contributed by atoms with E-state index < -0.39 is 12.1 Å². The van der Waals surface area contributed by atoms with Gasteiger partial charge in [-0.15, -0.1) is 0 Å². The molecule has 2 aromatic rings. The molecule has 0 spiro atoms. The van der Waals surface area contributed by atoms with Gasteiger partial charge in [-0.1, -0.05) is 17.7 Å². The molecule has 0 bridgehead atoms. The van der Waals surface area contributed by atoms with Crippen LogP contribution in [0.15, 0.2) is 36.4 Å². The van der Waals surface area contributed by atoms with E-state index in [0.717, 1.165) is 22.4 Å². The molecule has 0 saturated carbocycles. The zero-order chi connectivity index (χ0) is 19.3. The van der Waals surface area contributed by atoms with E-state index in [0.29, 0.717) is 17.9 Å². The maximum atomic E-state index is 12.4. The molecule has 0 aliphatic rings. The molecule has 26 heavy (non-hydrogen) atoms. The van der Waals surface area contributed by atoms with Crippen LogP contribution < -0.4 is 10.1 Å².